The summed E-state index contributed by atoms with van der Waals surface area (Å²) in [5, 5.41) is 15.2. The number of carbonyl (C=O) groups is 2. The number of aromatic nitrogens is 2. The molecule has 7 nitrogen and oxygen atoms in total. The molecular formula is C21H27N5O2S. The largest absolute Gasteiger partial charge is 0.352 e. The summed E-state index contributed by atoms with van der Waals surface area (Å²) in [6.45, 7) is 4.03. The minimum absolute atomic E-state index is 0.119. The SMILES string of the molecule is O=C(NCCCN1CCCCC1)c1cccc(NC(=O)c2nnc(C3CC3)s2)c1. The zero-order valence-electron chi connectivity index (χ0n) is 16.5. The minimum Gasteiger partial charge on any atom is -0.352 e. The number of anilines is 1. The standard InChI is InChI=1S/C21H27N5O2S/c27-18(22-10-5-13-26-11-2-1-3-12-26)16-6-4-7-17(14-16)23-19(28)21-25-24-20(29-21)15-8-9-15/h4,6-7,14-15H,1-3,5,8-13H2,(H,22,27)(H,23,28). The first-order chi connectivity index (χ1) is 14.2. The molecule has 2 aliphatic rings. The Morgan fingerprint density at radius 2 is 1.93 bits per heavy atom. The van der Waals surface area contributed by atoms with Crippen molar-refractivity contribution in [3.05, 3.63) is 39.8 Å². The van der Waals surface area contributed by atoms with Gasteiger partial charge in [0.15, 0.2) is 0 Å². The Labute approximate surface area is 174 Å². The monoisotopic (exact) mass is 413 g/mol. The van der Waals surface area contributed by atoms with Gasteiger partial charge in [-0.2, -0.15) is 0 Å². The van der Waals surface area contributed by atoms with Crippen molar-refractivity contribution in [1.29, 1.82) is 0 Å². The lowest BCUT2D eigenvalue weighted by Crippen LogP contribution is -2.33. The average Bonchev–Trinajstić information content (AvgIpc) is 3.48. The van der Waals surface area contributed by atoms with Gasteiger partial charge in [-0.05, 0) is 69.9 Å². The van der Waals surface area contributed by atoms with Gasteiger partial charge in [0, 0.05) is 23.7 Å². The van der Waals surface area contributed by atoms with Crippen LogP contribution in [0.2, 0.25) is 0 Å². The smallest absolute Gasteiger partial charge is 0.286 e. The van der Waals surface area contributed by atoms with Crippen LogP contribution in [0.4, 0.5) is 5.69 Å². The maximum Gasteiger partial charge on any atom is 0.286 e. The van der Waals surface area contributed by atoms with Crippen LogP contribution in [-0.2, 0) is 0 Å². The molecule has 1 aromatic heterocycles. The third-order valence-electron chi connectivity index (χ3n) is 5.33. The van der Waals surface area contributed by atoms with Gasteiger partial charge in [-0.25, -0.2) is 0 Å². The molecule has 2 heterocycles. The second-order valence-corrected chi connectivity index (χ2v) is 8.78. The van der Waals surface area contributed by atoms with E-state index in [1.54, 1.807) is 24.3 Å². The number of nitrogens with zero attached hydrogens (tertiary/aromatic N) is 3. The average molecular weight is 414 g/mol. The summed E-state index contributed by atoms with van der Waals surface area (Å²) in [5.41, 5.74) is 1.12. The first-order valence-corrected chi connectivity index (χ1v) is 11.3. The molecule has 2 aromatic rings. The van der Waals surface area contributed by atoms with Crippen molar-refractivity contribution in [2.24, 2.45) is 0 Å². The maximum atomic E-state index is 12.4. The van der Waals surface area contributed by atoms with Gasteiger partial charge in [-0.3, -0.25) is 9.59 Å². The van der Waals surface area contributed by atoms with E-state index in [4.69, 9.17) is 0 Å². The number of hydrogen-bond donors (Lipinski definition) is 2. The molecule has 1 aliphatic heterocycles. The van der Waals surface area contributed by atoms with E-state index in [0.29, 0.717) is 28.7 Å². The van der Waals surface area contributed by atoms with E-state index in [0.717, 1.165) is 30.8 Å². The van der Waals surface area contributed by atoms with Crippen LogP contribution in [0.25, 0.3) is 0 Å². The molecule has 29 heavy (non-hydrogen) atoms. The number of amides is 2. The summed E-state index contributed by atoms with van der Waals surface area (Å²) in [6, 6.07) is 6.99. The Balaban J connectivity index is 1.25. The second-order valence-electron chi connectivity index (χ2n) is 7.77. The topological polar surface area (TPSA) is 87.2 Å². The summed E-state index contributed by atoms with van der Waals surface area (Å²) in [4.78, 5) is 27.3. The lowest BCUT2D eigenvalue weighted by Gasteiger charge is -2.26. The molecule has 0 atom stereocenters. The van der Waals surface area contributed by atoms with Crippen molar-refractivity contribution in [2.75, 3.05) is 31.5 Å². The predicted octanol–water partition coefficient (Wildman–Crippen LogP) is 3.27. The van der Waals surface area contributed by atoms with Gasteiger partial charge in [0.2, 0.25) is 5.01 Å². The molecule has 4 rings (SSSR count). The second kappa shape index (κ2) is 9.45. The minimum atomic E-state index is -0.284. The van der Waals surface area contributed by atoms with Crippen LogP contribution in [0.15, 0.2) is 24.3 Å². The number of piperidine rings is 1. The van der Waals surface area contributed by atoms with Crippen molar-refractivity contribution in [1.82, 2.24) is 20.4 Å². The van der Waals surface area contributed by atoms with Crippen LogP contribution in [0.5, 0.6) is 0 Å². The van der Waals surface area contributed by atoms with Crippen molar-refractivity contribution in [3.8, 4) is 0 Å². The van der Waals surface area contributed by atoms with Crippen LogP contribution in [-0.4, -0.2) is 53.1 Å². The highest BCUT2D eigenvalue weighted by atomic mass is 32.1. The van der Waals surface area contributed by atoms with Gasteiger partial charge in [0.1, 0.15) is 5.01 Å². The van der Waals surface area contributed by atoms with Gasteiger partial charge in [0.05, 0.1) is 0 Å². The Morgan fingerprint density at radius 3 is 2.72 bits per heavy atom. The predicted molar refractivity (Wildman–Crippen MR) is 114 cm³/mol. The molecule has 0 unspecified atom stereocenters. The van der Waals surface area contributed by atoms with Crippen molar-refractivity contribution in [2.45, 2.75) is 44.4 Å². The highest BCUT2D eigenvalue weighted by molar-refractivity contribution is 7.13. The summed E-state index contributed by atoms with van der Waals surface area (Å²) >= 11 is 1.35. The molecular weight excluding hydrogens is 386 g/mol. The van der Waals surface area contributed by atoms with E-state index >= 15 is 0 Å². The van der Waals surface area contributed by atoms with E-state index in [2.05, 4.69) is 25.7 Å². The fourth-order valence-corrected chi connectivity index (χ4v) is 4.44. The Morgan fingerprint density at radius 1 is 1.10 bits per heavy atom. The molecule has 2 amide bonds. The lowest BCUT2D eigenvalue weighted by molar-refractivity contribution is 0.0949. The molecule has 154 valence electrons. The van der Waals surface area contributed by atoms with E-state index in [-0.39, 0.29) is 11.8 Å². The van der Waals surface area contributed by atoms with Gasteiger partial charge in [0.25, 0.3) is 11.8 Å². The molecule has 1 saturated carbocycles. The van der Waals surface area contributed by atoms with Crippen LogP contribution >= 0.6 is 11.3 Å². The molecule has 1 saturated heterocycles. The molecule has 2 N–H and O–H groups in total. The van der Waals surface area contributed by atoms with Crippen LogP contribution in [0.3, 0.4) is 0 Å². The third-order valence-corrected chi connectivity index (χ3v) is 6.41. The molecule has 0 bridgehead atoms. The van der Waals surface area contributed by atoms with E-state index < -0.39 is 0 Å². The molecule has 0 spiro atoms. The molecule has 1 aromatic carbocycles. The van der Waals surface area contributed by atoms with Crippen LogP contribution in [0.1, 0.15) is 69.6 Å². The lowest BCUT2D eigenvalue weighted by atomic mass is 10.1. The Kier molecular flexibility index (Phi) is 6.51. The Bertz CT molecular complexity index is 858. The Hall–Kier alpha value is -2.32. The zero-order chi connectivity index (χ0) is 20.1. The van der Waals surface area contributed by atoms with E-state index in [1.807, 2.05) is 0 Å². The van der Waals surface area contributed by atoms with Gasteiger partial charge in [-0.1, -0.05) is 23.8 Å². The first-order valence-electron chi connectivity index (χ1n) is 10.4. The number of carbonyl (C=O) groups excluding carboxylic acids is 2. The first kappa shape index (κ1) is 20.0. The number of benzene rings is 1. The quantitative estimate of drug-likeness (QED) is 0.649. The van der Waals surface area contributed by atoms with Crippen molar-refractivity contribution < 1.29 is 9.59 Å². The summed E-state index contributed by atoms with van der Waals surface area (Å²) in [5.74, 6) is 0.0798. The van der Waals surface area contributed by atoms with Gasteiger partial charge < -0.3 is 15.5 Å². The number of nitrogens with one attached hydrogen (secondary N) is 2. The zero-order valence-corrected chi connectivity index (χ0v) is 17.3. The van der Waals surface area contributed by atoms with Gasteiger partial charge in [-0.15, -0.1) is 10.2 Å². The molecule has 1 aliphatic carbocycles. The van der Waals surface area contributed by atoms with Crippen molar-refractivity contribution in [3.63, 3.8) is 0 Å². The normalized spacial score (nSPS) is 17.1. The molecule has 2 fully saturated rings. The molecule has 8 heteroatoms. The van der Waals surface area contributed by atoms with Gasteiger partial charge >= 0.3 is 0 Å². The van der Waals surface area contributed by atoms with E-state index in [9.17, 15) is 9.59 Å². The summed E-state index contributed by atoms with van der Waals surface area (Å²) in [7, 11) is 0. The number of likely N-dealkylation sites (tertiary alicyclic amines) is 1. The van der Waals surface area contributed by atoms with E-state index in [1.165, 1.54) is 43.7 Å². The third kappa shape index (κ3) is 5.61. The number of hydrogen-bond acceptors (Lipinski definition) is 6. The van der Waals surface area contributed by atoms with Crippen LogP contribution in [0, 0.1) is 0 Å². The highest BCUT2D eigenvalue weighted by Gasteiger charge is 2.28. The fourth-order valence-electron chi connectivity index (χ4n) is 3.53. The molecule has 0 radical (unpaired) electrons. The highest BCUT2D eigenvalue weighted by Crippen LogP contribution is 2.41. The summed E-state index contributed by atoms with van der Waals surface area (Å²) < 4.78 is 0. The summed E-state index contributed by atoms with van der Waals surface area (Å²) in [6.07, 6.45) is 7.11. The maximum absolute atomic E-state index is 12.4. The van der Waals surface area contributed by atoms with Crippen molar-refractivity contribution >= 4 is 28.8 Å². The van der Waals surface area contributed by atoms with Crippen LogP contribution < -0.4 is 10.6 Å². The number of rotatable bonds is 8. The fraction of sp³-hybridized carbons (Fsp3) is 0.524.